The number of hydrogen-bond donors (Lipinski definition) is 2. The second kappa shape index (κ2) is 4.40. The molecule has 1 fully saturated rings. The lowest BCUT2D eigenvalue weighted by molar-refractivity contribution is 0.0493. The van der Waals surface area contributed by atoms with Crippen molar-refractivity contribution in [2.75, 3.05) is 11.5 Å². The minimum Gasteiger partial charge on any atom is -0.412 e. The summed E-state index contributed by atoms with van der Waals surface area (Å²) in [6.45, 7) is 0. The Morgan fingerprint density at radius 2 is 1.33 bits per heavy atom. The molecule has 0 aliphatic carbocycles. The van der Waals surface area contributed by atoms with Crippen LogP contribution in [-0.2, 0) is 0 Å². The molecule has 3 nitrogen and oxygen atoms in total. The van der Waals surface area contributed by atoms with Crippen LogP contribution in [0.4, 0.5) is 0 Å². The zero-order valence-corrected chi connectivity index (χ0v) is 6.41. The van der Waals surface area contributed by atoms with Gasteiger partial charge in [-0.1, -0.05) is 21.6 Å². The first kappa shape index (κ1) is 9.58. The van der Waals surface area contributed by atoms with Gasteiger partial charge in [0, 0.05) is 11.5 Å². The summed E-state index contributed by atoms with van der Waals surface area (Å²) in [4.78, 5) is 0. The summed E-state index contributed by atoms with van der Waals surface area (Å²) >= 11 is 0. The summed E-state index contributed by atoms with van der Waals surface area (Å²) in [6.07, 6.45) is -0.998. The topological polar surface area (TPSA) is 72.0 Å². The van der Waals surface area contributed by atoms with E-state index in [1.807, 2.05) is 0 Å². The van der Waals surface area contributed by atoms with Crippen LogP contribution in [0.5, 0.6) is 0 Å². The van der Waals surface area contributed by atoms with E-state index in [1.54, 1.807) is 21.6 Å². The molecule has 0 spiro atoms. The lowest BCUT2D eigenvalue weighted by atomic mass is 10.3. The maximum atomic E-state index is 8.89. The average Bonchev–Trinajstić information content (AvgIpc) is 1.77. The smallest absolute Gasteiger partial charge is 0.0906 e. The molecule has 2 unspecified atom stereocenters. The molecule has 1 rings (SSSR count). The predicted molar refractivity (Wildman–Crippen MR) is 40.5 cm³/mol. The Morgan fingerprint density at radius 3 is 1.56 bits per heavy atom. The van der Waals surface area contributed by atoms with Crippen molar-refractivity contribution in [3.8, 4) is 0 Å². The number of aliphatic hydroxyl groups is 2. The van der Waals surface area contributed by atoms with Gasteiger partial charge in [-0.25, -0.2) is 0 Å². The summed E-state index contributed by atoms with van der Waals surface area (Å²) in [5.74, 6) is 1.32. The maximum Gasteiger partial charge on any atom is 0.0906 e. The van der Waals surface area contributed by atoms with Crippen molar-refractivity contribution in [2.24, 2.45) is 0 Å². The minimum absolute atomic E-state index is 0. The van der Waals surface area contributed by atoms with E-state index >= 15 is 0 Å². The molecule has 0 aromatic heterocycles. The third-order valence-electron chi connectivity index (χ3n) is 1.01. The van der Waals surface area contributed by atoms with Crippen LogP contribution in [-0.4, -0.2) is 39.4 Å². The Morgan fingerprint density at radius 1 is 1.00 bits per heavy atom. The minimum atomic E-state index is -0.499. The molecular formula is C4H10O3S2. The van der Waals surface area contributed by atoms with E-state index in [0.717, 1.165) is 0 Å². The first-order valence-corrected chi connectivity index (χ1v) is 4.90. The van der Waals surface area contributed by atoms with Crippen molar-refractivity contribution in [3.63, 3.8) is 0 Å². The van der Waals surface area contributed by atoms with Gasteiger partial charge in [0.1, 0.15) is 0 Å². The van der Waals surface area contributed by atoms with Crippen molar-refractivity contribution in [1.82, 2.24) is 0 Å². The van der Waals surface area contributed by atoms with E-state index < -0.39 is 12.2 Å². The fourth-order valence-corrected chi connectivity index (χ4v) is 2.79. The fourth-order valence-electron chi connectivity index (χ4n) is 0.458. The molecular weight excluding hydrogens is 160 g/mol. The van der Waals surface area contributed by atoms with Crippen molar-refractivity contribution >= 4 is 21.6 Å². The molecule has 0 aromatic carbocycles. The van der Waals surface area contributed by atoms with Gasteiger partial charge in [0.2, 0.25) is 0 Å². The highest BCUT2D eigenvalue weighted by Crippen LogP contribution is 2.29. The Kier molecular flexibility index (Phi) is 4.69. The van der Waals surface area contributed by atoms with Crippen LogP contribution >= 0.6 is 21.6 Å². The molecule has 5 heteroatoms. The fraction of sp³-hybridized carbons (Fsp3) is 1.00. The van der Waals surface area contributed by atoms with E-state index in [0.29, 0.717) is 11.5 Å². The molecule has 1 aliphatic heterocycles. The van der Waals surface area contributed by atoms with Crippen LogP contribution in [0.25, 0.3) is 0 Å². The summed E-state index contributed by atoms with van der Waals surface area (Å²) in [5, 5.41) is 17.8. The number of rotatable bonds is 0. The lowest BCUT2D eigenvalue weighted by Gasteiger charge is -2.20. The van der Waals surface area contributed by atoms with E-state index in [4.69, 9.17) is 10.2 Å². The highest BCUT2D eigenvalue weighted by molar-refractivity contribution is 8.76. The van der Waals surface area contributed by atoms with Crippen LogP contribution in [0.1, 0.15) is 0 Å². The summed E-state index contributed by atoms with van der Waals surface area (Å²) < 4.78 is 0. The molecule has 1 aliphatic rings. The highest BCUT2D eigenvalue weighted by Gasteiger charge is 2.20. The third kappa shape index (κ3) is 2.77. The summed E-state index contributed by atoms with van der Waals surface area (Å²) in [7, 11) is 3.23. The first-order valence-electron chi connectivity index (χ1n) is 2.41. The van der Waals surface area contributed by atoms with Gasteiger partial charge in [0.15, 0.2) is 0 Å². The summed E-state index contributed by atoms with van der Waals surface area (Å²) in [6, 6.07) is 0. The molecule has 2 atom stereocenters. The zero-order valence-electron chi connectivity index (χ0n) is 4.78. The molecule has 0 radical (unpaired) electrons. The Bertz CT molecular complexity index is 70.2. The monoisotopic (exact) mass is 170 g/mol. The molecule has 56 valence electrons. The normalized spacial score (nSPS) is 35.3. The van der Waals surface area contributed by atoms with Gasteiger partial charge < -0.3 is 15.7 Å². The van der Waals surface area contributed by atoms with E-state index in [2.05, 4.69) is 0 Å². The van der Waals surface area contributed by atoms with Gasteiger partial charge in [-0.15, -0.1) is 0 Å². The number of aliphatic hydroxyl groups excluding tert-OH is 2. The molecule has 0 aromatic rings. The first-order chi connectivity index (χ1) is 3.80. The molecule has 4 N–H and O–H groups in total. The second-order valence-corrected chi connectivity index (χ2v) is 4.26. The molecule has 0 bridgehead atoms. The predicted octanol–water partition coefficient (Wildman–Crippen LogP) is -0.722. The van der Waals surface area contributed by atoms with E-state index in [9.17, 15) is 0 Å². The van der Waals surface area contributed by atoms with Crippen LogP contribution in [0, 0.1) is 0 Å². The molecule has 0 amide bonds. The quantitative estimate of drug-likeness (QED) is 0.471. The van der Waals surface area contributed by atoms with Gasteiger partial charge in [-0.2, -0.15) is 0 Å². The SMILES string of the molecule is O.OC1CSSCC1O. The van der Waals surface area contributed by atoms with Crippen molar-refractivity contribution in [3.05, 3.63) is 0 Å². The second-order valence-electron chi connectivity index (χ2n) is 1.70. The lowest BCUT2D eigenvalue weighted by Crippen LogP contribution is -2.32. The Hall–Kier alpha value is 0.580. The van der Waals surface area contributed by atoms with Gasteiger partial charge in [0.05, 0.1) is 12.2 Å². The Balaban J connectivity index is 0.000000640. The average molecular weight is 170 g/mol. The van der Waals surface area contributed by atoms with Gasteiger partial charge in [-0.3, -0.25) is 0 Å². The standard InChI is InChI=1S/C4H8O2S2.H2O/c5-3-1-7-8-2-4(3)6;/h3-6H,1-2H2;1H2. The number of hydrogen-bond acceptors (Lipinski definition) is 4. The molecule has 0 saturated carbocycles. The van der Waals surface area contributed by atoms with E-state index in [1.165, 1.54) is 0 Å². The van der Waals surface area contributed by atoms with Gasteiger partial charge >= 0.3 is 0 Å². The van der Waals surface area contributed by atoms with Gasteiger partial charge in [0.25, 0.3) is 0 Å². The largest absolute Gasteiger partial charge is 0.412 e. The van der Waals surface area contributed by atoms with Crippen LogP contribution in [0.3, 0.4) is 0 Å². The van der Waals surface area contributed by atoms with Crippen molar-refractivity contribution in [1.29, 1.82) is 0 Å². The van der Waals surface area contributed by atoms with Crippen molar-refractivity contribution < 1.29 is 15.7 Å². The van der Waals surface area contributed by atoms with Crippen molar-refractivity contribution in [2.45, 2.75) is 12.2 Å². The van der Waals surface area contributed by atoms with E-state index in [-0.39, 0.29) is 5.48 Å². The van der Waals surface area contributed by atoms with Crippen LogP contribution in [0.2, 0.25) is 0 Å². The Labute approximate surface area is 61.5 Å². The summed E-state index contributed by atoms with van der Waals surface area (Å²) in [5.41, 5.74) is 0. The molecule has 1 heterocycles. The molecule has 1 saturated heterocycles. The maximum absolute atomic E-state index is 8.89. The third-order valence-corrected chi connectivity index (χ3v) is 3.44. The van der Waals surface area contributed by atoms with Crippen LogP contribution < -0.4 is 0 Å². The van der Waals surface area contributed by atoms with Gasteiger partial charge in [-0.05, 0) is 0 Å². The highest BCUT2D eigenvalue weighted by atomic mass is 33.1. The van der Waals surface area contributed by atoms with Crippen LogP contribution in [0.15, 0.2) is 0 Å². The molecule has 9 heavy (non-hydrogen) atoms. The zero-order chi connectivity index (χ0) is 5.98.